The number of fused-ring (bicyclic) bond motifs is 1. The van der Waals surface area contributed by atoms with Gasteiger partial charge in [-0.05, 0) is 25.8 Å². The first-order valence-electron chi connectivity index (χ1n) is 4.39. The molecule has 3 nitrogen and oxygen atoms in total. The fourth-order valence-electron chi connectivity index (χ4n) is 2.24. The molecule has 0 spiro atoms. The van der Waals surface area contributed by atoms with Crippen molar-refractivity contribution in [3.8, 4) is 0 Å². The Labute approximate surface area is 66.6 Å². The summed E-state index contributed by atoms with van der Waals surface area (Å²) in [5.74, 6) is 0. The number of aliphatic hydroxyl groups excluding tert-OH is 2. The molecule has 2 N–H and O–H groups in total. The molecule has 3 heteroatoms. The first kappa shape index (κ1) is 7.53. The van der Waals surface area contributed by atoms with Crippen LogP contribution >= 0.6 is 0 Å². The minimum absolute atomic E-state index is 0.249. The number of hydrogen-bond donors (Lipinski definition) is 2. The van der Waals surface area contributed by atoms with E-state index in [0.29, 0.717) is 0 Å². The molecule has 0 aliphatic carbocycles. The molecule has 0 amide bonds. The van der Waals surface area contributed by atoms with Crippen molar-refractivity contribution in [2.45, 2.75) is 37.5 Å². The lowest BCUT2D eigenvalue weighted by Crippen LogP contribution is -2.51. The first-order valence-corrected chi connectivity index (χ1v) is 4.39. The fraction of sp³-hybridized carbons (Fsp3) is 1.00. The number of rotatable bonds is 0. The summed E-state index contributed by atoms with van der Waals surface area (Å²) >= 11 is 0. The Morgan fingerprint density at radius 1 is 1.09 bits per heavy atom. The van der Waals surface area contributed by atoms with Gasteiger partial charge in [0.2, 0.25) is 0 Å². The van der Waals surface area contributed by atoms with Crippen LogP contribution in [0.1, 0.15) is 19.3 Å². The minimum Gasteiger partial charge on any atom is -0.390 e. The maximum absolute atomic E-state index is 9.56. The van der Waals surface area contributed by atoms with Crippen molar-refractivity contribution in [2.24, 2.45) is 0 Å². The van der Waals surface area contributed by atoms with Crippen LogP contribution in [0.3, 0.4) is 0 Å². The van der Waals surface area contributed by atoms with Crippen LogP contribution in [0.25, 0.3) is 0 Å². The molecular weight excluding hydrogens is 142 g/mol. The van der Waals surface area contributed by atoms with Gasteiger partial charge in [-0.1, -0.05) is 0 Å². The standard InChI is InChI=1S/C8H15NO2/c10-7-3-5-9-4-1-2-6(9)8(7)11/h6-8,10-11H,1-5H2/t6-,7-,8+/m1/s1. The molecule has 2 aliphatic heterocycles. The van der Waals surface area contributed by atoms with Gasteiger partial charge in [0, 0.05) is 12.6 Å². The smallest absolute Gasteiger partial charge is 0.0954 e. The highest BCUT2D eigenvalue weighted by molar-refractivity contribution is 4.92. The van der Waals surface area contributed by atoms with Gasteiger partial charge in [-0.25, -0.2) is 0 Å². The molecule has 0 aromatic carbocycles. The molecule has 0 aromatic rings. The van der Waals surface area contributed by atoms with Crippen molar-refractivity contribution in [3.63, 3.8) is 0 Å². The third-order valence-corrected chi connectivity index (χ3v) is 2.91. The van der Waals surface area contributed by atoms with Crippen LogP contribution < -0.4 is 0 Å². The second-order valence-electron chi connectivity index (χ2n) is 3.59. The predicted molar refractivity (Wildman–Crippen MR) is 41.2 cm³/mol. The fourth-order valence-corrected chi connectivity index (χ4v) is 2.24. The van der Waals surface area contributed by atoms with Gasteiger partial charge >= 0.3 is 0 Å². The Kier molecular flexibility index (Phi) is 1.87. The second kappa shape index (κ2) is 2.73. The van der Waals surface area contributed by atoms with Gasteiger partial charge in [0.1, 0.15) is 0 Å². The summed E-state index contributed by atoms with van der Waals surface area (Å²) < 4.78 is 0. The van der Waals surface area contributed by atoms with Crippen LogP contribution in [-0.4, -0.2) is 46.5 Å². The lowest BCUT2D eigenvalue weighted by Gasteiger charge is -2.36. The summed E-state index contributed by atoms with van der Waals surface area (Å²) in [6.45, 7) is 2.07. The minimum atomic E-state index is -0.494. The predicted octanol–water partition coefficient (Wildman–Crippen LogP) is -0.424. The summed E-state index contributed by atoms with van der Waals surface area (Å²) in [5.41, 5.74) is 0. The van der Waals surface area contributed by atoms with E-state index in [2.05, 4.69) is 4.90 Å². The lowest BCUT2D eigenvalue weighted by molar-refractivity contribution is -0.0627. The molecule has 64 valence electrons. The maximum Gasteiger partial charge on any atom is 0.0954 e. The van der Waals surface area contributed by atoms with Crippen molar-refractivity contribution < 1.29 is 10.2 Å². The maximum atomic E-state index is 9.56. The van der Waals surface area contributed by atoms with Crippen molar-refractivity contribution in [1.29, 1.82) is 0 Å². The Hall–Kier alpha value is -0.120. The number of piperidine rings is 1. The molecule has 0 radical (unpaired) electrons. The Bertz CT molecular complexity index is 151. The number of aliphatic hydroxyl groups is 2. The molecule has 0 aromatic heterocycles. The molecule has 3 atom stereocenters. The average Bonchev–Trinajstić information content (AvgIpc) is 2.45. The van der Waals surface area contributed by atoms with E-state index in [-0.39, 0.29) is 6.04 Å². The van der Waals surface area contributed by atoms with Crippen LogP contribution in [0, 0.1) is 0 Å². The zero-order valence-corrected chi connectivity index (χ0v) is 6.61. The highest BCUT2D eigenvalue weighted by Crippen LogP contribution is 2.26. The van der Waals surface area contributed by atoms with E-state index in [4.69, 9.17) is 0 Å². The number of nitrogens with zero attached hydrogens (tertiary/aromatic N) is 1. The molecule has 2 heterocycles. The van der Waals surface area contributed by atoms with Gasteiger partial charge in [-0.2, -0.15) is 0 Å². The molecule has 11 heavy (non-hydrogen) atoms. The van der Waals surface area contributed by atoms with Gasteiger partial charge in [-0.3, -0.25) is 4.90 Å². The molecule has 2 saturated heterocycles. The summed E-state index contributed by atoms with van der Waals surface area (Å²) in [6, 6.07) is 0.249. The van der Waals surface area contributed by atoms with Gasteiger partial charge in [-0.15, -0.1) is 0 Å². The molecule has 0 saturated carbocycles. The summed E-state index contributed by atoms with van der Waals surface area (Å²) in [7, 11) is 0. The summed E-state index contributed by atoms with van der Waals surface area (Å²) in [4.78, 5) is 2.29. The van der Waals surface area contributed by atoms with Gasteiger partial charge < -0.3 is 10.2 Å². The monoisotopic (exact) mass is 157 g/mol. The normalized spacial score (nSPS) is 45.8. The first-order chi connectivity index (χ1) is 5.29. The summed E-state index contributed by atoms with van der Waals surface area (Å²) in [6.07, 6.45) is 1.99. The van der Waals surface area contributed by atoms with Crippen molar-refractivity contribution >= 4 is 0 Å². The van der Waals surface area contributed by atoms with E-state index >= 15 is 0 Å². The molecule has 2 rings (SSSR count). The Morgan fingerprint density at radius 2 is 1.91 bits per heavy atom. The molecule has 0 bridgehead atoms. The van der Waals surface area contributed by atoms with E-state index in [1.165, 1.54) is 6.42 Å². The van der Waals surface area contributed by atoms with Crippen molar-refractivity contribution in [1.82, 2.24) is 4.90 Å². The van der Waals surface area contributed by atoms with Crippen LogP contribution in [0.5, 0.6) is 0 Å². The highest BCUT2D eigenvalue weighted by atomic mass is 16.3. The van der Waals surface area contributed by atoms with E-state index < -0.39 is 12.2 Å². The average molecular weight is 157 g/mol. The van der Waals surface area contributed by atoms with E-state index in [1.54, 1.807) is 0 Å². The van der Waals surface area contributed by atoms with E-state index in [9.17, 15) is 10.2 Å². The van der Waals surface area contributed by atoms with Crippen LogP contribution in [-0.2, 0) is 0 Å². The lowest BCUT2D eigenvalue weighted by atomic mass is 9.97. The Balaban J connectivity index is 2.06. The van der Waals surface area contributed by atoms with Gasteiger partial charge in [0.25, 0.3) is 0 Å². The van der Waals surface area contributed by atoms with E-state index in [0.717, 1.165) is 25.9 Å². The zero-order valence-electron chi connectivity index (χ0n) is 6.61. The van der Waals surface area contributed by atoms with Crippen molar-refractivity contribution in [3.05, 3.63) is 0 Å². The Morgan fingerprint density at radius 3 is 2.73 bits per heavy atom. The van der Waals surface area contributed by atoms with Crippen LogP contribution in [0.2, 0.25) is 0 Å². The van der Waals surface area contributed by atoms with Gasteiger partial charge in [0.15, 0.2) is 0 Å². The third-order valence-electron chi connectivity index (χ3n) is 2.91. The SMILES string of the molecule is O[C@@H]1[C@H](O)CCN2CCC[C@H]12. The molecular formula is C8H15NO2. The van der Waals surface area contributed by atoms with Crippen molar-refractivity contribution in [2.75, 3.05) is 13.1 Å². The van der Waals surface area contributed by atoms with Crippen LogP contribution in [0.4, 0.5) is 0 Å². The van der Waals surface area contributed by atoms with Gasteiger partial charge in [0.05, 0.1) is 12.2 Å². The van der Waals surface area contributed by atoms with Crippen LogP contribution in [0.15, 0.2) is 0 Å². The number of hydrogen-bond acceptors (Lipinski definition) is 3. The molecule has 0 unspecified atom stereocenters. The second-order valence-corrected chi connectivity index (χ2v) is 3.59. The summed E-state index contributed by atoms with van der Waals surface area (Å²) in [5, 5.41) is 18.9. The highest BCUT2D eigenvalue weighted by Gasteiger charge is 2.38. The topological polar surface area (TPSA) is 43.7 Å². The zero-order chi connectivity index (χ0) is 7.84. The largest absolute Gasteiger partial charge is 0.390 e. The molecule has 2 fully saturated rings. The quantitative estimate of drug-likeness (QED) is 0.502. The van der Waals surface area contributed by atoms with E-state index in [1.807, 2.05) is 0 Å². The third kappa shape index (κ3) is 1.17. The molecule has 2 aliphatic rings.